The molecule has 6 nitrogen and oxygen atoms in total. The molecule has 0 amide bonds. The van der Waals surface area contributed by atoms with Gasteiger partial charge in [-0.15, -0.1) is 0 Å². The first kappa shape index (κ1) is 16.7. The number of hydrogen-bond donors (Lipinski definition) is 2. The molecule has 0 spiro atoms. The van der Waals surface area contributed by atoms with Crippen molar-refractivity contribution in [2.75, 3.05) is 30.4 Å². The molecule has 128 valence electrons. The van der Waals surface area contributed by atoms with Gasteiger partial charge in [-0.3, -0.25) is 0 Å². The van der Waals surface area contributed by atoms with E-state index in [4.69, 9.17) is 15.5 Å². The van der Waals surface area contributed by atoms with Gasteiger partial charge in [0.25, 0.3) is 0 Å². The Morgan fingerprint density at radius 1 is 1.25 bits per heavy atom. The first-order chi connectivity index (χ1) is 11.3. The van der Waals surface area contributed by atoms with Crippen molar-refractivity contribution in [1.29, 1.82) is 0 Å². The van der Waals surface area contributed by atoms with E-state index in [0.717, 1.165) is 17.9 Å². The molecule has 3 N–H and O–H groups in total. The molecular weight excluding hydrogens is 304 g/mol. The van der Waals surface area contributed by atoms with Crippen molar-refractivity contribution in [3.63, 3.8) is 0 Å². The second-order valence-electron chi connectivity index (χ2n) is 6.73. The molecular formula is C18H24N4O2. The van der Waals surface area contributed by atoms with Crippen molar-refractivity contribution in [1.82, 2.24) is 9.97 Å². The predicted octanol–water partition coefficient (Wildman–Crippen LogP) is 2.18. The van der Waals surface area contributed by atoms with Gasteiger partial charge < -0.3 is 20.5 Å². The lowest BCUT2D eigenvalue weighted by Gasteiger charge is -2.35. The third-order valence-corrected chi connectivity index (χ3v) is 4.17. The lowest BCUT2D eigenvalue weighted by molar-refractivity contribution is 0.0736. The molecule has 0 radical (unpaired) electrons. The summed E-state index contributed by atoms with van der Waals surface area (Å²) in [6, 6.07) is 9.53. The smallest absolute Gasteiger partial charge is 0.161 e. The summed E-state index contributed by atoms with van der Waals surface area (Å²) < 4.78 is 5.51. The van der Waals surface area contributed by atoms with Gasteiger partial charge in [0.05, 0.1) is 24.9 Å². The second-order valence-corrected chi connectivity index (χ2v) is 6.73. The fraction of sp³-hybridized carbons (Fsp3) is 0.444. The Bertz CT molecular complexity index is 710. The Labute approximate surface area is 142 Å². The Kier molecular flexibility index (Phi) is 4.43. The Hall–Kier alpha value is -2.18. The summed E-state index contributed by atoms with van der Waals surface area (Å²) in [6.07, 6.45) is 0. The van der Waals surface area contributed by atoms with E-state index >= 15 is 0 Å². The summed E-state index contributed by atoms with van der Waals surface area (Å²) in [7, 11) is 0. The van der Waals surface area contributed by atoms with E-state index < -0.39 is 5.60 Å². The molecule has 0 bridgehead atoms. The molecule has 2 aromatic rings. The largest absolute Gasteiger partial charge is 0.399 e. The number of rotatable bonds is 3. The molecule has 0 aliphatic carbocycles. The van der Waals surface area contributed by atoms with Gasteiger partial charge in [0.1, 0.15) is 11.4 Å². The fourth-order valence-electron chi connectivity index (χ4n) is 2.72. The van der Waals surface area contributed by atoms with Gasteiger partial charge in [-0.05, 0) is 45.0 Å². The van der Waals surface area contributed by atoms with Crippen LogP contribution in [0.15, 0.2) is 30.3 Å². The Balaban J connectivity index is 2.08. The number of benzene rings is 1. The van der Waals surface area contributed by atoms with E-state index in [0.29, 0.717) is 30.4 Å². The highest BCUT2D eigenvalue weighted by Crippen LogP contribution is 2.28. The molecule has 1 aliphatic rings. The zero-order chi connectivity index (χ0) is 17.3. The van der Waals surface area contributed by atoms with Crippen molar-refractivity contribution < 1.29 is 9.84 Å². The lowest BCUT2D eigenvalue weighted by Crippen LogP contribution is -2.44. The molecule has 0 unspecified atom stereocenters. The minimum atomic E-state index is -1.05. The van der Waals surface area contributed by atoms with Gasteiger partial charge in [-0.2, -0.15) is 0 Å². The molecule has 1 atom stereocenters. The van der Waals surface area contributed by atoms with Crippen molar-refractivity contribution in [3.05, 3.63) is 36.0 Å². The third kappa shape index (κ3) is 3.49. The van der Waals surface area contributed by atoms with Gasteiger partial charge in [-0.1, -0.05) is 0 Å². The highest BCUT2D eigenvalue weighted by Gasteiger charge is 2.25. The predicted molar refractivity (Wildman–Crippen MR) is 94.8 cm³/mol. The molecule has 24 heavy (non-hydrogen) atoms. The molecule has 1 aromatic carbocycles. The van der Waals surface area contributed by atoms with E-state index in [2.05, 4.69) is 16.8 Å². The minimum Gasteiger partial charge on any atom is -0.399 e. The van der Waals surface area contributed by atoms with Crippen LogP contribution in [0.5, 0.6) is 0 Å². The summed E-state index contributed by atoms with van der Waals surface area (Å²) in [5.41, 5.74) is 6.88. The maximum Gasteiger partial charge on any atom is 0.161 e. The number of nitrogen functional groups attached to an aromatic ring is 1. The normalized spacial score (nSPS) is 18.7. The number of aromatic nitrogens is 2. The molecule has 1 saturated heterocycles. The van der Waals surface area contributed by atoms with Crippen LogP contribution in [-0.2, 0) is 10.3 Å². The zero-order valence-corrected chi connectivity index (χ0v) is 14.4. The van der Waals surface area contributed by atoms with Gasteiger partial charge in [0.2, 0.25) is 0 Å². The Morgan fingerprint density at radius 3 is 2.58 bits per heavy atom. The van der Waals surface area contributed by atoms with E-state index in [-0.39, 0.29) is 6.04 Å². The SMILES string of the molecule is C[C@H]1COCCN1c1cc(C(C)(C)O)nc(-c2ccc(N)cc2)n1. The number of ether oxygens (including phenoxy) is 1. The molecule has 1 aliphatic heterocycles. The Morgan fingerprint density at radius 2 is 1.96 bits per heavy atom. The summed E-state index contributed by atoms with van der Waals surface area (Å²) in [5.74, 6) is 1.40. The van der Waals surface area contributed by atoms with E-state index in [1.165, 1.54) is 0 Å². The van der Waals surface area contributed by atoms with Gasteiger partial charge in [0, 0.05) is 23.9 Å². The highest BCUT2D eigenvalue weighted by molar-refractivity contribution is 5.61. The van der Waals surface area contributed by atoms with Crippen LogP contribution in [0, 0.1) is 0 Å². The maximum atomic E-state index is 10.4. The van der Waals surface area contributed by atoms with Crippen LogP contribution in [0.25, 0.3) is 11.4 Å². The maximum absolute atomic E-state index is 10.4. The van der Waals surface area contributed by atoms with Crippen LogP contribution in [0.2, 0.25) is 0 Å². The molecule has 2 heterocycles. The van der Waals surface area contributed by atoms with E-state index in [9.17, 15) is 5.11 Å². The molecule has 0 saturated carbocycles. The first-order valence-electron chi connectivity index (χ1n) is 8.17. The van der Waals surface area contributed by atoms with Crippen LogP contribution in [0.1, 0.15) is 26.5 Å². The quantitative estimate of drug-likeness (QED) is 0.840. The van der Waals surface area contributed by atoms with Gasteiger partial charge >= 0.3 is 0 Å². The average Bonchev–Trinajstić information content (AvgIpc) is 2.55. The van der Waals surface area contributed by atoms with Crippen molar-refractivity contribution in [3.8, 4) is 11.4 Å². The van der Waals surface area contributed by atoms with Crippen molar-refractivity contribution in [2.24, 2.45) is 0 Å². The molecule has 3 rings (SSSR count). The van der Waals surface area contributed by atoms with Crippen molar-refractivity contribution >= 4 is 11.5 Å². The minimum absolute atomic E-state index is 0.225. The number of hydrogen-bond acceptors (Lipinski definition) is 6. The average molecular weight is 328 g/mol. The monoisotopic (exact) mass is 328 g/mol. The van der Waals surface area contributed by atoms with Crippen molar-refractivity contribution in [2.45, 2.75) is 32.4 Å². The standard InChI is InChI=1S/C18H24N4O2/c1-12-11-24-9-8-22(12)16-10-15(18(2,3)23)20-17(21-16)13-4-6-14(19)7-5-13/h4-7,10,12,23H,8-9,11,19H2,1-3H3/t12-/m0/s1. The first-order valence-corrected chi connectivity index (χ1v) is 8.17. The van der Waals surface area contributed by atoms with Gasteiger partial charge in [-0.25, -0.2) is 9.97 Å². The highest BCUT2D eigenvalue weighted by atomic mass is 16.5. The topological polar surface area (TPSA) is 84.5 Å². The van der Waals surface area contributed by atoms with Crippen LogP contribution < -0.4 is 10.6 Å². The fourth-order valence-corrected chi connectivity index (χ4v) is 2.72. The molecule has 1 fully saturated rings. The number of morpholine rings is 1. The molecule has 1 aromatic heterocycles. The number of nitrogens with two attached hydrogens (primary N) is 1. The van der Waals surface area contributed by atoms with Gasteiger partial charge in [0.15, 0.2) is 5.82 Å². The van der Waals surface area contributed by atoms with Crippen LogP contribution in [-0.4, -0.2) is 40.9 Å². The van der Waals surface area contributed by atoms with Crippen LogP contribution in [0.3, 0.4) is 0 Å². The second kappa shape index (κ2) is 6.37. The molecule has 6 heteroatoms. The summed E-state index contributed by atoms with van der Waals surface area (Å²) in [6.45, 7) is 7.67. The number of aliphatic hydroxyl groups is 1. The van der Waals surface area contributed by atoms with E-state index in [1.807, 2.05) is 30.3 Å². The summed E-state index contributed by atoms with van der Waals surface area (Å²) in [5, 5.41) is 10.4. The summed E-state index contributed by atoms with van der Waals surface area (Å²) >= 11 is 0. The third-order valence-electron chi connectivity index (χ3n) is 4.17. The lowest BCUT2D eigenvalue weighted by atomic mass is 10.0. The number of nitrogens with zero attached hydrogens (tertiary/aromatic N) is 3. The van der Waals surface area contributed by atoms with Crippen LogP contribution >= 0.6 is 0 Å². The van der Waals surface area contributed by atoms with E-state index in [1.54, 1.807) is 13.8 Å². The zero-order valence-electron chi connectivity index (χ0n) is 14.4. The summed E-state index contributed by atoms with van der Waals surface area (Å²) in [4.78, 5) is 11.5. The van der Waals surface area contributed by atoms with Crippen LogP contribution in [0.4, 0.5) is 11.5 Å². The number of anilines is 2.